The summed E-state index contributed by atoms with van der Waals surface area (Å²) in [5.41, 5.74) is 1.71. The van der Waals surface area contributed by atoms with Crippen molar-refractivity contribution in [3.05, 3.63) is 27.4 Å². The summed E-state index contributed by atoms with van der Waals surface area (Å²) >= 11 is 2.27. The van der Waals surface area contributed by atoms with Crippen molar-refractivity contribution in [1.29, 1.82) is 0 Å². The molecule has 0 amide bonds. The molecule has 6 heteroatoms. The normalized spacial score (nSPS) is 10.5. The minimum Gasteiger partial charge on any atom is -0.369 e. The zero-order valence-electron chi connectivity index (χ0n) is 11.2. The van der Waals surface area contributed by atoms with E-state index in [-0.39, 0.29) is 0 Å². The Morgan fingerprint density at radius 3 is 2.68 bits per heavy atom. The summed E-state index contributed by atoms with van der Waals surface area (Å²) in [6, 6.07) is 1.83. The molecule has 0 atom stereocenters. The van der Waals surface area contributed by atoms with Crippen molar-refractivity contribution in [3.8, 4) is 11.5 Å². The number of nitrogens with zero attached hydrogens (tertiary/aromatic N) is 4. The fraction of sp³-hybridized carbons (Fsp3) is 0.385. The van der Waals surface area contributed by atoms with Crippen LogP contribution in [0.4, 0.5) is 5.82 Å². The minimum atomic E-state index is 0.641. The third kappa shape index (κ3) is 3.37. The van der Waals surface area contributed by atoms with Gasteiger partial charge in [-0.15, -0.1) is 0 Å². The van der Waals surface area contributed by atoms with Crippen molar-refractivity contribution >= 4 is 28.4 Å². The van der Waals surface area contributed by atoms with E-state index in [1.54, 1.807) is 6.20 Å². The number of aromatic nitrogens is 4. The highest BCUT2D eigenvalue weighted by Crippen LogP contribution is 2.22. The van der Waals surface area contributed by atoms with Gasteiger partial charge in [0.25, 0.3) is 0 Å². The summed E-state index contributed by atoms with van der Waals surface area (Å²) in [5, 5.41) is 3.33. The van der Waals surface area contributed by atoms with Gasteiger partial charge in [0.2, 0.25) is 0 Å². The van der Waals surface area contributed by atoms with Crippen LogP contribution in [0.2, 0.25) is 0 Å². The van der Waals surface area contributed by atoms with Crippen molar-refractivity contribution in [1.82, 2.24) is 19.9 Å². The first-order chi connectivity index (χ1) is 9.11. The van der Waals surface area contributed by atoms with E-state index in [4.69, 9.17) is 0 Å². The predicted molar refractivity (Wildman–Crippen MR) is 84.0 cm³/mol. The molecule has 2 rings (SSSR count). The fourth-order valence-electron chi connectivity index (χ4n) is 1.62. The Balaban J connectivity index is 2.44. The third-order valence-electron chi connectivity index (χ3n) is 2.56. The first-order valence-electron chi connectivity index (χ1n) is 6.20. The molecule has 0 spiro atoms. The standard InChI is InChI=1S/C13H16IN5/c1-4-6-16-13-11(14)8(2)17-12(19-13)10-5-7-15-9(3)18-10/h5,7H,4,6H2,1-3H3,(H,16,17,19). The molecule has 2 heterocycles. The number of anilines is 1. The van der Waals surface area contributed by atoms with Crippen LogP contribution in [-0.2, 0) is 0 Å². The van der Waals surface area contributed by atoms with Crippen molar-refractivity contribution in [2.45, 2.75) is 27.2 Å². The maximum Gasteiger partial charge on any atom is 0.180 e. The van der Waals surface area contributed by atoms with Crippen LogP contribution >= 0.6 is 22.6 Å². The van der Waals surface area contributed by atoms with Gasteiger partial charge in [-0.05, 0) is 48.9 Å². The molecule has 0 saturated heterocycles. The highest BCUT2D eigenvalue weighted by molar-refractivity contribution is 14.1. The summed E-state index contributed by atoms with van der Waals surface area (Å²) < 4.78 is 1.06. The minimum absolute atomic E-state index is 0.641. The molecule has 0 bridgehead atoms. The van der Waals surface area contributed by atoms with Crippen LogP contribution in [0.25, 0.3) is 11.5 Å². The molecule has 0 aromatic carbocycles. The second-order valence-corrected chi connectivity index (χ2v) is 5.29. The molecular formula is C13H16IN5. The SMILES string of the molecule is CCCNc1nc(-c2ccnc(C)n2)nc(C)c1I. The van der Waals surface area contributed by atoms with E-state index >= 15 is 0 Å². The molecule has 0 aliphatic heterocycles. The van der Waals surface area contributed by atoms with Crippen molar-refractivity contribution in [3.63, 3.8) is 0 Å². The molecular weight excluding hydrogens is 353 g/mol. The second-order valence-electron chi connectivity index (χ2n) is 4.21. The third-order valence-corrected chi connectivity index (χ3v) is 3.86. The average molecular weight is 369 g/mol. The van der Waals surface area contributed by atoms with Crippen molar-refractivity contribution < 1.29 is 0 Å². The van der Waals surface area contributed by atoms with Crippen LogP contribution < -0.4 is 5.32 Å². The van der Waals surface area contributed by atoms with Gasteiger partial charge in [0.1, 0.15) is 17.3 Å². The van der Waals surface area contributed by atoms with Crippen LogP contribution in [0.3, 0.4) is 0 Å². The molecule has 0 fully saturated rings. The number of rotatable bonds is 4. The lowest BCUT2D eigenvalue weighted by Crippen LogP contribution is -2.08. The summed E-state index contributed by atoms with van der Waals surface area (Å²) in [6.45, 7) is 6.87. The Morgan fingerprint density at radius 1 is 1.21 bits per heavy atom. The van der Waals surface area contributed by atoms with Crippen LogP contribution in [-0.4, -0.2) is 26.5 Å². The largest absolute Gasteiger partial charge is 0.369 e. The van der Waals surface area contributed by atoms with E-state index < -0.39 is 0 Å². The van der Waals surface area contributed by atoms with Gasteiger partial charge in [0.15, 0.2) is 5.82 Å². The monoisotopic (exact) mass is 369 g/mol. The van der Waals surface area contributed by atoms with Crippen LogP contribution in [0, 0.1) is 17.4 Å². The van der Waals surface area contributed by atoms with Crippen LogP contribution in [0.1, 0.15) is 24.9 Å². The van der Waals surface area contributed by atoms with E-state index in [9.17, 15) is 0 Å². The molecule has 1 N–H and O–H groups in total. The van der Waals surface area contributed by atoms with E-state index in [0.29, 0.717) is 5.82 Å². The number of halogens is 1. The van der Waals surface area contributed by atoms with Gasteiger partial charge in [-0.3, -0.25) is 0 Å². The molecule has 0 aliphatic rings. The summed E-state index contributed by atoms with van der Waals surface area (Å²) in [4.78, 5) is 17.5. The van der Waals surface area contributed by atoms with Crippen LogP contribution in [0.15, 0.2) is 12.3 Å². The Kier molecular flexibility index (Phi) is 4.62. The average Bonchev–Trinajstić information content (AvgIpc) is 2.40. The highest BCUT2D eigenvalue weighted by Gasteiger charge is 2.11. The first-order valence-corrected chi connectivity index (χ1v) is 7.27. The number of nitrogens with one attached hydrogen (secondary N) is 1. The van der Waals surface area contributed by atoms with Gasteiger partial charge < -0.3 is 5.32 Å². The maximum atomic E-state index is 4.56. The van der Waals surface area contributed by atoms with Gasteiger partial charge in [0.05, 0.1) is 9.26 Å². The van der Waals surface area contributed by atoms with Gasteiger partial charge in [0, 0.05) is 12.7 Å². The van der Waals surface area contributed by atoms with E-state index in [0.717, 1.165) is 39.6 Å². The molecule has 0 saturated carbocycles. The Bertz CT molecular complexity index is 585. The fourth-order valence-corrected chi connectivity index (χ4v) is 2.05. The molecule has 0 aliphatic carbocycles. The molecule has 0 radical (unpaired) electrons. The van der Waals surface area contributed by atoms with Crippen molar-refractivity contribution in [2.24, 2.45) is 0 Å². The summed E-state index contributed by atoms with van der Waals surface area (Å²) in [7, 11) is 0. The number of hydrogen-bond acceptors (Lipinski definition) is 5. The smallest absolute Gasteiger partial charge is 0.180 e. The zero-order valence-corrected chi connectivity index (χ0v) is 13.4. The van der Waals surface area contributed by atoms with E-state index in [1.165, 1.54) is 0 Å². The summed E-state index contributed by atoms with van der Waals surface area (Å²) in [5.74, 6) is 2.24. The van der Waals surface area contributed by atoms with E-state index in [1.807, 2.05) is 19.9 Å². The van der Waals surface area contributed by atoms with Gasteiger partial charge in [-0.2, -0.15) is 0 Å². The van der Waals surface area contributed by atoms with Crippen LogP contribution in [0.5, 0.6) is 0 Å². The molecule has 2 aromatic heterocycles. The summed E-state index contributed by atoms with van der Waals surface area (Å²) in [6.07, 6.45) is 2.79. The Labute approximate surface area is 126 Å². The highest BCUT2D eigenvalue weighted by atomic mass is 127. The molecule has 0 unspecified atom stereocenters. The second kappa shape index (κ2) is 6.23. The lowest BCUT2D eigenvalue weighted by atomic mass is 10.3. The predicted octanol–water partition coefficient (Wildman–Crippen LogP) is 2.98. The lowest BCUT2D eigenvalue weighted by Gasteiger charge is -2.10. The molecule has 5 nitrogen and oxygen atoms in total. The Hall–Kier alpha value is -1.31. The van der Waals surface area contributed by atoms with Gasteiger partial charge in [-0.1, -0.05) is 6.92 Å². The first kappa shape index (κ1) is 14.1. The number of hydrogen-bond donors (Lipinski definition) is 1. The maximum absolute atomic E-state index is 4.56. The Morgan fingerprint density at radius 2 is 2.00 bits per heavy atom. The molecule has 100 valence electrons. The topological polar surface area (TPSA) is 63.6 Å². The molecule has 2 aromatic rings. The quantitative estimate of drug-likeness (QED) is 0.840. The molecule has 19 heavy (non-hydrogen) atoms. The zero-order chi connectivity index (χ0) is 13.8. The van der Waals surface area contributed by atoms with Gasteiger partial charge >= 0.3 is 0 Å². The van der Waals surface area contributed by atoms with Crippen molar-refractivity contribution in [2.75, 3.05) is 11.9 Å². The van der Waals surface area contributed by atoms with E-state index in [2.05, 4.69) is 54.8 Å². The number of aryl methyl sites for hydroxylation is 2. The lowest BCUT2D eigenvalue weighted by molar-refractivity contribution is 0.954. The van der Waals surface area contributed by atoms with Gasteiger partial charge in [-0.25, -0.2) is 19.9 Å².